The van der Waals surface area contributed by atoms with Crippen molar-refractivity contribution >= 4 is 23.2 Å². The maximum Gasteiger partial charge on any atom is 0.311 e. The highest BCUT2D eigenvalue weighted by Gasteiger charge is 2.26. The highest BCUT2D eigenvalue weighted by molar-refractivity contribution is 5.85. The van der Waals surface area contributed by atoms with Gasteiger partial charge in [0.1, 0.15) is 11.9 Å². The highest BCUT2D eigenvalue weighted by atomic mass is 16.6. The number of aromatic nitrogens is 1. The SMILES string of the molecule is CC(Nc1nc(NN)ccc1[N+](=O)[O-])C(=O)N1CCCC1. The van der Waals surface area contributed by atoms with E-state index in [1.54, 1.807) is 11.8 Å². The fourth-order valence-electron chi connectivity index (χ4n) is 2.26. The van der Waals surface area contributed by atoms with Gasteiger partial charge in [-0.2, -0.15) is 0 Å². The average molecular weight is 294 g/mol. The largest absolute Gasteiger partial charge is 0.353 e. The number of nitrogens with zero attached hydrogens (tertiary/aromatic N) is 3. The molecule has 1 aliphatic heterocycles. The van der Waals surface area contributed by atoms with Crippen LogP contribution in [0.3, 0.4) is 0 Å². The van der Waals surface area contributed by atoms with Gasteiger partial charge in [-0.05, 0) is 25.8 Å². The summed E-state index contributed by atoms with van der Waals surface area (Å²) in [5.41, 5.74) is 2.12. The molecule has 1 fully saturated rings. The summed E-state index contributed by atoms with van der Waals surface area (Å²) in [6.45, 7) is 3.12. The Morgan fingerprint density at radius 2 is 2.14 bits per heavy atom. The number of amides is 1. The fourth-order valence-corrected chi connectivity index (χ4v) is 2.26. The van der Waals surface area contributed by atoms with Gasteiger partial charge in [0.25, 0.3) is 0 Å². The van der Waals surface area contributed by atoms with Gasteiger partial charge < -0.3 is 15.6 Å². The van der Waals surface area contributed by atoms with E-state index in [-0.39, 0.29) is 23.2 Å². The Morgan fingerprint density at radius 1 is 1.48 bits per heavy atom. The maximum atomic E-state index is 12.2. The lowest BCUT2D eigenvalue weighted by atomic mass is 10.2. The standard InChI is InChI=1S/C12H18N6O3/c1-8(12(19)17-6-2-3-7-17)14-11-9(18(20)21)4-5-10(15-11)16-13/h4-5,8H,2-3,6-7,13H2,1H3,(H2,14,15,16). The summed E-state index contributed by atoms with van der Waals surface area (Å²) in [5.74, 6) is 5.47. The van der Waals surface area contributed by atoms with Gasteiger partial charge in [0, 0.05) is 19.2 Å². The van der Waals surface area contributed by atoms with E-state index < -0.39 is 11.0 Å². The molecule has 21 heavy (non-hydrogen) atoms. The van der Waals surface area contributed by atoms with Crippen LogP contribution in [0.4, 0.5) is 17.3 Å². The van der Waals surface area contributed by atoms with Crippen molar-refractivity contribution in [1.82, 2.24) is 9.88 Å². The Balaban J connectivity index is 2.16. The fraction of sp³-hybridized carbons (Fsp3) is 0.500. The van der Waals surface area contributed by atoms with Crippen molar-refractivity contribution in [3.8, 4) is 0 Å². The zero-order chi connectivity index (χ0) is 15.4. The van der Waals surface area contributed by atoms with E-state index in [2.05, 4.69) is 15.7 Å². The van der Waals surface area contributed by atoms with Crippen molar-refractivity contribution in [2.45, 2.75) is 25.8 Å². The van der Waals surface area contributed by atoms with Crippen LogP contribution in [0.25, 0.3) is 0 Å². The zero-order valence-electron chi connectivity index (χ0n) is 11.7. The molecule has 0 saturated carbocycles. The third kappa shape index (κ3) is 3.37. The molecule has 9 heteroatoms. The molecular weight excluding hydrogens is 276 g/mol. The minimum absolute atomic E-state index is 0.0236. The number of likely N-dealkylation sites (tertiary alicyclic amines) is 1. The van der Waals surface area contributed by atoms with E-state index in [0.29, 0.717) is 0 Å². The van der Waals surface area contributed by atoms with Gasteiger partial charge in [-0.3, -0.25) is 14.9 Å². The van der Waals surface area contributed by atoms with Crippen LogP contribution in [0.1, 0.15) is 19.8 Å². The summed E-state index contributed by atoms with van der Waals surface area (Å²) in [6.07, 6.45) is 1.98. The first-order chi connectivity index (χ1) is 10.0. The van der Waals surface area contributed by atoms with E-state index in [1.165, 1.54) is 12.1 Å². The Labute approximate surface area is 121 Å². The molecule has 0 bridgehead atoms. The first-order valence-electron chi connectivity index (χ1n) is 6.70. The van der Waals surface area contributed by atoms with Crippen LogP contribution in [0.2, 0.25) is 0 Å². The van der Waals surface area contributed by atoms with Crippen LogP contribution in [-0.4, -0.2) is 39.8 Å². The van der Waals surface area contributed by atoms with Crippen molar-refractivity contribution in [2.24, 2.45) is 5.84 Å². The number of nitrogens with one attached hydrogen (secondary N) is 2. The number of rotatable bonds is 5. The summed E-state index contributed by atoms with van der Waals surface area (Å²) in [7, 11) is 0. The molecule has 2 heterocycles. The number of anilines is 2. The van der Waals surface area contributed by atoms with Gasteiger partial charge in [0.05, 0.1) is 4.92 Å². The normalized spacial score (nSPS) is 15.6. The summed E-state index contributed by atoms with van der Waals surface area (Å²) in [4.78, 5) is 28.4. The number of nitrogens with two attached hydrogens (primary N) is 1. The van der Waals surface area contributed by atoms with Crippen LogP contribution >= 0.6 is 0 Å². The van der Waals surface area contributed by atoms with Crippen molar-refractivity contribution in [2.75, 3.05) is 23.8 Å². The second kappa shape index (κ2) is 6.35. The van der Waals surface area contributed by atoms with Crippen molar-refractivity contribution in [3.63, 3.8) is 0 Å². The summed E-state index contributed by atoms with van der Waals surface area (Å²) in [6, 6.07) is 2.09. The van der Waals surface area contributed by atoms with Crippen LogP contribution < -0.4 is 16.6 Å². The molecule has 1 aliphatic rings. The van der Waals surface area contributed by atoms with Crippen molar-refractivity contribution in [1.29, 1.82) is 0 Å². The van der Waals surface area contributed by atoms with Crippen LogP contribution in [0.5, 0.6) is 0 Å². The summed E-state index contributed by atoms with van der Waals surface area (Å²) < 4.78 is 0. The molecule has 0 spiro atoms. The number of nitro groups is 1. The number of hydrogen-bond acceptors (Lipinski definition) is 7. The lowest BCUT2D eigenvalue weighted by Gasteiger charge is -2.21. The van der Waals surface area contributed by atoms with Gasteiger partial charge in [0.15, 0.2) is 0 Å². The molecule has 1 aromatic rings. The molecule has 0 aliphatic carbocycles. The number of nitrogen functional groups attached to an aromatic ring is 1. The van der Waals surface area contributed by atoms with Crippen LogP contribution in [0.15, 0.2) is 12.1 Å². The number of hydrazine groups is 1. The maximum absolute atomic E-state index is 12.2. The molecule has 0 aromatic carbocycles. The lowest BCUT2D eigenvalue weighted by Crippen LogP contribution is -2.39. The lowest BCUT2D eigenvalue weighted by molar-refractivity contribution is -0.384. The molecule has 1 aromatic heterocycles. The zero-order valence-corrected chi connectivity index (χ0v) is 11.7. The molecule has 1 saturated heterocycles. The Kier molecular flexibility index (Phi) is 4.53. The van der Waals surface area contributed by atoms with Gasteiger partial charge in [-0.1, -0.05) is 0 Å². The first kappa shape index (κ1) is 15.0. The number of pyridine rings is 1. The quantitative estimate of drug-likeness (QED) is 0.414. The Morgan fingerprint density at radius 3 is 2.71 bits per heavy atom. The smallest absolute Gasteiger partial charge is 0.311 e. The van der Waals surface area contributed by atoms with Crippen LogP contribution in [0, 0.1) is 10.1 Å². The minimum Gasteiger partial charge on any atom is -0.353 e. The number of hydrogen-bond donors (Lipinski definition) is 3. The van der Waals surface area contributed by atoms with E-state index in [0.717, 1.165) is 25.9 Å². The Bertz CT molecular complexity index is 544. The predicted octanol–water partition coefficient (Wildman–Crippen LogP) is 0.698. The molecule has 1 atom stereocenters. The van der Waals surface area contributed by atoms with Gasteiger partial charge >= 0.3 is 5.69 Å². The van der Waals surface area contributed by atoms with Gasteiger partial charge in [-0.15, -0.1) is 0 Å². The highest BCUT2D eigenvalue weighted by Crippen LogP contribution is 2.24. The molecule has 2 rings (SSSR count). The van der Waals surface area contributed by atoms with E-state index in [9.17, 15) is 14.9 Å². The van der Waals surface area contributed by atoms with E-state index in [1.807, 2.05) is 0 Å². The van der Waals surface area contributed by atoms with E-state index in [4.69, 9.17) is 5.84 Å². The monoisotopic (exact) mass is 294 g/mol. The number of carbonyl (C=O) groups is 1. The topological polar surface area (TPSA) is 126 Å². The number of carbonyl (C=O) groups excluding carboxylic acids is 1. The molecule has 114 valence electrons. The Hall–Kier alpha value is -2.42. The predicted molar refractivity (Wildman–Crippen MR) is 77.6 cm³/mol. The molecule has 1 unspecified atom stereocenters. The van der Waals surface area contributed by atoms with E-state index >= 15 is 0 Å². The van der Waals surface area contributed by atoms with Crippen molar-refractivity contribution in [3.05, 3.63) is 22.2 Å². The molecule has 4 N–H and O–H groups in total. The third-order valence-electron chi connectivity index (χ3n) is 3.36. The van der Waals surface area contributed by atoms with Crippen LogP contribution in [-0.2, 0) is 4.79 Å². The molecule has 1 amide bonds. The second-order valence-electron chi connectivity index (χ2n) is 4.86. The average Bonchev–Trinajstić information content (AvgIpc) is 3.00. The van der Waals surface area contributed by atoms with Gasteiger partial charge in [-0.25, -0.2) is 10.8 Å². The molecule has 0 radical (unpaired) electrons. The summed E-state index contributed by atoms with van der Waals surface area (Å²) >= 11 is 0. The second-order valence-corrected chi connectivity index (χ2v) is 4.86. The summed E-state index contributed by atoms with van der Waals surface area (Å²) in [5, 5.41) is 13.8. The minimum atomic E-state index is -0.595. The molecular formula is C12H18N6O3. The first-order valence-corrected chi connectivity index (χ1v) is 6.70. The molecule has 9 nitrogen and oxygen atoms in total. The van der Waals surface area contributed by atoms with Gasteiger partial charge in [0.2, 0.25) is 11.7 Å². The van der Waals surface area contributed by atoms with Crippen molar-refractivity contribution < 1.29 is 9.72 Å². The third-order valence-corrected chi connectivity index (χ3v) is 3.36.